The number of ketones is 1. The summed E-state index contributed by atoms with van der Waals surface area (Å²) in [6.45, 7) is 9.60. The Morgan fingerprint density at radius 2 is 1.25 bits per heavy atom. The summed E-state index contributed by atoms with van der Waals surface area (Å²) in [5, 5.41) is 5.55. The van der Waals surface area contributed by atoms with Gasteiger partial charge >= 0.3 is 0 Å². The Bertz CT molecular complexity index is 1780. The van der Waals surface area contributed by atoms with E-state index in [1.54, 1.807) is 7.11 Å². The summed E-state index contributed by atoms with van der Waals surface area (Å²) in [5.41, 5.74) is 14.8. The number of Topliss-reactive ketones (excluding diaryl/α,β-unsaturated/α-hetero) is 1. The number of carbonyl (C=O) groups excluding carboxylic acids is 1. The molecule has 18 nitrogen and oxygen atoms in total. The van der Waals surface area contributed by atoms with E-state index in [1.807, 2.05) is 28.8 Å². The highest BCUT2D eigenvalue weighted by molar-refractivity contribution is 5.93. The van der Waals surface area contributed by atoms with E-state index in [-0.39, 0.29) is 11.8 Å². The molecular formula is C42H65N7O11. The lowest BCUT2D eigenvalue weighted by molar-refractivity contribution is -0.124. The number of H-pyrrole nitrogens is 1. The van der Waals surface area contributed by atoms with Crippen molar-refractivity contribution in [1.29, 1.82) is 0 Å². The maximum Gasteiger partial charge on any atom is 0.153 e. The topological polar surface area (TPSA) is 220 Å². The molecule has 0 spiro atoms. The van der Waals surface area contributed by atoms with Crippen LogP contribution < -0.4 is 16.2 Å². The van der Waals surface area contributed by atoms with Crippen molar-refractivity contribution in [1.82, 2.24) is 24.6 Å². The summed E-state index contributed by atoms with van der Waals surface area (Å²) in [7, 11) is 1.65. The van der Waals surface area contributed by atoms with Crippen LogP contribution in [-0.2, 0) is 47.4 Å². The van der Waals surface area contributed by atoms with Gasteiger partial charge < -0.3 is 63.8 Å². The number of benzene rings is 1. The molecule has 1 aromatic carbocycles. The Kier molecular flexibility index (Phi) is 22.0. The maximum absolute atomic E-state index is 13.1. The number of imidazole rings is 1. The second-order valence-electron chi connectivity index (χ2n) is 14.3. The highest BCUT2D eigenvalue weighted by Gasteiger charge is 2.31. The molecule has 0 bridgehead atoms. The quantitative estimate of drug-likeness (QED) is 0.0572. The summed E-state index contributed by atoms with van der Waals surface area (Å²) in [6.07, 6.45) is 5.99. The van der Waals surface area contributed by atoms with Crippen LogP contribution in [-0.4, -0.2) is 163 Å². The van der Waals surface area contributed by atoms with Crippen molar-refractivity contribution in [2.24, 2.45) is 11.7 Å². The van der Waals surface area contributed by atoms with E-state index >= 15 is 0 Å². The van der Waals surface area contributed by atoms with Crippen LogP contribution in [0.5, 0.6) is 5.75 Å². The molecule has 0 unspecified atom stereocenters. The third-order valence-corrected chi connectivity index (χ3v) is 10.1. The minimum absolute atomic E-state index is 0.0488. The first-order valence-electron chi connectivity index (χ1n) is 21.2. The van der Waals surface area contributed by atoms with E-state index in [4.69, 9.17) is 63.8 Å². The van der Waals surface area contributed by atoms with Gasteiger partial charge in [0.25, 0.3) is 0 Å². The predicted molar refractivity (Wildman–Crippen MR) is 224 cm³/mol. The van der Waals surface area contributed by atoms with Gasteiger partial charge in [0.05, 0.1) is 131 Å². The normalized spacial score (nSPS) is 15.7. The van der Waals surface area contributed by atoms with Gasteiger partial charge in [-0.1, -0.05) is 12.1 Å². The number of anilines is 1. The summed E-state index contributed by atoms with van der Waals surface area (Å²) >= 11 is 0. The molecule has 0 atom stereocenters. The third-order valence-electron chi connectivity index (χ3n) is 10.1. The Morgan fingerprint density at radius 1 is 0.733 bits per heavy atom. The Hall–Kier alpha value is -3.82. The van der Waals surface area contributed by atoms with E-state index in [0.717, 1.165) is 53.9 Å². The minimum atomic E-state index is 0.0488. The zero-order valence-corrected chi connectivity index (χ0v) is 35.2. The first-order valence-corrected chi connectivity index (χ1v) is 21.2. The molecule has 3 heterocycles. The summed E-state index contributed by atoms with van der Waals surface area (Å²) < 4.78 is 56.8. The third kappa shape index (κ3) is 15.6. The number of aromatic nitrogens is 5. The lowest BCUT2D eigenvalue weighted by atomic mass is 9.79. The van der Waals surface area contributed by atoms with Crippen LogP contribution in [0.1, 0.15) is 50.3 Å². The fraction of sp³-hybridized carbons (Fsp3) is 0.667. The molecule has 1 saturated carbocycles. The smallest absolute Gasteiger partial charge is 0.153 e. The highest BCUT2D eigenvalue weighted by Crippen LogP contribution is 2.39. The number of nitrogens with two attached hydrogens (primary N) is 2. The number of hydrogen-bond donors (Lipinski definition) is 3. The molecule has 0 radical (unpaired) electrons. The van der Waals surface area contributed by atoms with Crippen LogP contribution in [0, 0.1) is 5.92 Å². The summed E-state index contributed by atoms with van der Waals surface area (Å²) in [4.78, 5) is 25.9. The average Bonchev–Trinajstić information content (AvgIpc) is 3.89. The molecule has 1 fully saturated rings. The number of nitrogens with one attached hydrogen (secondary N) is 1. The second kappa shape index (κ2) is 27.9. The van der Waals surface area contributed by atoms with Gasteiger partial charge in [0.15, 0.2) is 5.82 Å². The molecule has 4 aromatic rings. The van der Waals surface area contributed by atoms with E-state index < -0.39 is 0 Å². The first-order chi connectivity index (χ1) is 29.6. The SMILES string of the molecule is COc1cccc2cc(-c3nc(C4CCC(C(=O)CCCOCCOCCOCCOCCOCCOCCOCCOCCOCCN)CC4)n4ncnc(N)c34)[nH]c12. The van der Waals surface area contributed by atoms with Gasteiger partial charge in [-0.25, -0.2) is 14.5 Å². The van der Waals surface area contributed by atoms with E-state index in [9.17, 15) is 4.79 Å². The van der Waals surface area contributed by atoms with Crippen LogP contribution in [0.2, 0.25) is 0 Å². The summed E-state index contributed by atoms with van der Waals surface area (Å²) in [5.74, 6) is 2.47. The van der Waals surface area contributed by atoms with Crippen molar-refractivity contribution in [3.63, 3.8) is 0 Å². The van der Waals surface area contributed by atoms with Crippen molar-refractivity contribution in [2.75, 3.05) is 138 Å². The van der Waals surface area contributed by atoms with Crippen LogP contribution in [0.15, 0.2) is 30.6 Å². The first kappa shape index (κ1) is 47.2. The van der Waals surface area contributed by atoms with Crippen LogP contribution in [0.3, 0.4) is 0 Å². The number of methoxy groups -OCH3 is 1. The fourth-order valence-corrected chi connectivity index (χ4v) is 7.03. The lowest BCUT2D eigenvalue weighted by Crippen LogP contribution is -2.22. The zero-order chi connectivity index (χ0) is 42.0. The fourth-order valence-electron chi connectivity index (χ4n) is 7.03. The highest BCUT2D eigenvalue weighted by atomic mass is 16.6. The lowest BCUT2D eigenvalue weighted by Gasteiger charge is -2.26. The maximum atomic E-state index is 13.1. The summed E-state index contributed by atoms with van der Waals surface area (Å²) in [6, 6.07) is 7.94. The molecule has 0 saturated heterocycles. The van der Waals surface area contributed by atoms with Crippen LogP contribution in [0.25, 0.3) is 27.8 Å². The molecule has 60 heavy (non-hydrogen) atoms. The Balaban J connectivity index is 0.815. The number of rotatable bonds is 34. The monoisotopic (exact) mass is 843 g/mol. The molecule has 3 aromatic heterocycles. The number of fused-ring (bicyclic) bond motifs is 2. The van der Waals surface area contributed by atoms with Crippen molar-refractivity contribution in [2.45, 2.75) is 44.4 Å². The van der Waals surface area contributed by atoms with Gasteiger partial charge in [-0.3, -0.25) is 4.79 Å². The van der Waals surface area contributed by atoms with Crippen LogP contribution >= 0.6 is 0 Å². The number of nitrogen functional groups attached to an aromatic ring is 1. The second-order valence-corrected chi connectivity index (χ2v) is 14.3. The van der Waals surface area contributed by atoms with Crippen molar-refractivity contribution >= 4 is 28.0 Å². The number of hydrogen-bond acceptors (Lipinski definition) is 16. The van der Waals surface area contributed by atoms with E-state index in [2.05, 4.69) is 15.1 Å². The van der Waals surface area contributed by atoms with E-state index in [0.29, 0.717) is 161 Å². The van der Waals surface area contributed by atoms with Crippen LogP contribution in [0.4, 0.5) is 5.82 Å². The van der Waals surface area contributed by atoms with Gasteiger partial charge in [-0.15, -0.1) is 0 Å². The number of aromatic amines is 1. The molecule has 1 aliphatic rings. The number of ether oxygens (including phenoxy) is 10. The van der Waals surface area contributed by atoms with Gasteiger partial charge in [0, 0.05) is 36.8 Å². The predicted octanol–water partition coefficient (Wildman–Crippen LogP) is 3.59. The molecule has 5 N–H and O–H groups in total. The molecule has 18 heteroatoms. The van der Waals surface area contributed by atoms with E-state index in [1.165, 1.54) is 6.33 Å². The van der Waals surface area contributed by atoms with Gasteiger partial charge in [-0.05, 0) is 44.2 Å². The van der Waals surface area contributed by atoms with Gasteiger partial charge in [0.2, 0.25) is 0 Å². The Morgan fingerprint density at radius 3 is 1.77 bits per heavy atom. The van der Waals surface area contributed by atoms with Gasteiger partial charge in [0.1, 0.15) is 34.9 Å². The molecule has 334 valence electrons. The minimum Gasteiger partial charge on any atom is -0.495 e. The molecular weight excluding hydrogens is 778 g/mol. The zero-order valence-electron chi connectivity index (χ0n) is 35.2. The molecule has 0 aliphatic heterocycles. The number of para-hydroxylation sites is 1. The van der Waals surface area contributed by atoms with Gasteiger partial charge in [-0.2, -0.15) is 5.10 Å². The number of nitrogens with zero attached hydrogens (tertiary/aromatic N) is 4. The standard InChI is InChI=1S/C42H65N7O11/c1-51-37-6-2-4-34-30-35(47-38(34)37)39-40-41(44)45-31-46-49(40)42(48-39)33-9-7-32(8-10-33)36(50)5-3-12-52-14-16-54-18-20-56-22-24-58-26-28-60-29-27-59-25-23-57-21-19-55-17-15-53-13-11-43/h2,4,6,30-33,47H,3,5,7-29,43H2,1H3,(H2,44,45,46). The van der Waals surface area contributed by atoms with Crippen molar-refractivity contribution < 1.29 is 52.2 Å². The van der Waals surface area contributed by atoms with Crippen molar-refractivity contribution in [3.05, 3.63) is 36.4 Å². The average molecular weight is 844 g/mol. The molecule has 5 rings (SSSR count). The Labute approximate surface area is 352 Å². The van der Waals surface area contributed by atoms with Crippen molar-refractivity contribution in [3.8, 4) is 17.1 Å². The molecule has 1 aliphatic carbocycles. The molecule has 0 amide bonds. The largest absolute Gasteiger partial charge is 0.495 e. The number of carbonyl (C=O) groups is 1.